The Morgan fingerprint density at radius 3 is 1.12 bits per heavy atom. The number of aliphatic hydroxyl groups excluding tert-OH is 3. The highest BCUT2D eigenvalue weighted by molar-refractivity contribution is 5.66. The second-order valence-corrected chi connectivity index (χ2v) is 9.89. The van der Waals surface area contributed by atoms with Crippen molar-refractivity contribution in [1.82, 2.24) is 0 Å². The van der Waals surface area contributed by atoms with E-state index in [-0.39, 0.29) is 26.4 Å². The minimum Gasteiger partial charge on any atom is -0.481 e. The van der Waals surface area contributed by atoms with Gasteiger partial charge in [0.1, 0.15) is 0 Å². The Morgan fingerprint density at radius 1 is 0.515 bits per heavy atom. The lowest BCUT2D eigenvalue weighted by atomic mass is 9.93. The van der Waals surface area contributed by atoms with Crippen LogP contribution in [0.4, 0.5) is 0 Å². The van der Waals surface area contributed by atoms with Crippen molar-refractivity contribution in [3.05, 3.63) is 0 Å². The Bertz CT molecular complexity index is 403. The molecule has 0 aromatic heterocycles. The SMILES string of the molecule is O=C(O)CCCCCCCCCCCCCCCCCCCCCOCC(CO)(CO)CO. The lowest BCUT2D eigenvalue weighted by molar-refractivity contribution is -0.137. The number of hydrogen-bond donors (Lipinski definition) is 4. The van der Waals surface area contributed by atoms with Gasteiger partial charge < -0.3 is 25.2 Å². The molecule has 0 aromatic carbocycles. The van der Waals surface area contributed by atoms with Crippen molar-refractivity contribution < 1.29 is 30.0 Å². The molecule has 0 rings (SSSR count). The summed E-state index contributed by atoms with van der Waals surface area (Å²) in [4.78, 5) is 10.4. The summed E-state index contributed by atoms with van der Waals surface area (Å²) in [5.41, 5.74) is -0.910. The van der Waals surface area contributed by atoms with E-state index in [1.807, 2.05) is 0 Å². The third kappa shape index (κ3) is 21.6. The van der Waals surface area contributed by atoms with Gasteiger partial charge in [-0.3, -0.25) is 4.79 Å². The van der Waals surface area contributed by atoms with Gasteiger partial charge in [-0.2, -0.15) is 0 Å². The Balaban J connectivity index is 3.17. The molecule has 33 heavy (non-hydrogen) atoms. The number of hydrogen-bond acceptors (Lipinski definition) is 5. The van der Waals surface area contributed by atoms with Gasteiger partial charge in [-0.15, -0.1) is 0 Å². The third-order valence-electron chi connectivity index (χ3n) is 6.59. The van der Waals surface area contributed by atoms with Crippen molar-refractivity contribution in [3.63, 3.8) is 0 Å². The summed E-state index contributed by atoms with van der Waals surface area (Å²) in [6.07, 6.45) is 24.2. The average Bonchev–Trinajstić information content (AvgIpc) is 2.82. The zero-order chi connectivity index (χ0) is 24.5. The minimum absolute atomic E-state index is 0.202. The molecule has 0 heterocycles. The van der Waals surface area contributed by atoms with E-state index in [1.165, 1.54) is 96.3 Å². The fourth-order valence-corrected chi connectivity index (χ4v) is 4.06. The molecule has 0 saturated carbocycles. The van der Waals surface area contributed by atoms with Crippen LogP contribution in [0.3, 0.4) is 0 Å². The summed E-state index contributed by atoms with van der Waals surface area (Å²) in [5.74, 6) is -0.670. The predicted molar refractivity (Wildman–Crippen MR) is 134 cm³/mol. The van der Waals surface area contributed by atoms with Crippen molar-refractivity contribution >= 4 is 5.97 Å². The number of aliphatic hydroxyl groups is 3. The van der Waals surface area contributed by atoms with E-state index in [0.29, 0.717) is 13.0 Å². The second-order valence-electron chi connectivity index (χ2n) is 9.89. The molecule has 0 radical (unpaired) electrons. The normalized spacial score (nSPS) is 11.8. The van der Waals surface area contributed by atoms with Crippen LogP contribution < -0.4 is 0 Å². The predicted octanol–water partition coefficient (Wildman–Crippen LogP) is 5.85. The van der Waals surface area contributed by atoms with Crippen LogP contribution in [-0.4, -0.2) is 59.4 Å². The van der Waals surface area contributed by atoms with E-state index in [1.54, 1.807) is 0 Å². The summed E-state index contributed by atoms with van der Waals surface area (Å²) in [5, 5.41) is 36.3. The topological polar surface area (TPSA) is 107 Å². The maximum atomic E-state index is 10.4. The van der Waals surface area contributed by atoms with Crippen LogP contribution in [0, 0.1) is 5.41 Å². The monoisotopic (exact) mass is 474 g/mol. The molecule has 0 spiro atoms. The molecule has 0 bridgehead atoms. The Morgan fingerprint density at radius 2 is 0.818 bits per heavy atom. The Kier molecular flexibility index (Phi) is 23.9. The zero-order valence-electron chi connectivity index (χ0n) is 21.3. The summed E-state index contributed by atoms with van der Waals surface area (Å²) >= 11 is 0. The highest BCUT2D eigenvalue weighted by Crippen LogP contribution is 2.16. The van der Waals surface area contributed by atoms with Crippen LogP contribution in [0.1, 0.15) is 128 Å². The molecule has 0 saturated heterocycles. The molecule has 0 aromatic rings. The molecule has 198 valence electrons. The molecule has 4 N–H and O–H groups in total. The standard InChI is InChI=1S/C27H54O6/c28-22-27(23-29,24-30)25-33-21-19-17-15-13-11-9-7-5-3-1-2-4-6-8-10-12-14-16-18-20-26(31)32/h28-30H,1-25H2,(H,31,32). The van der Waals surface area contributed by atoms with Gasteiger partial charge in [0.15, 0.2) is 0 Å². The van der Waals surface area contributed by atoms with Crippen molar-refractivity contribution in [2.45, 2.75) is 128 Å². The van der Waals surface area contributed by atoms with E-state index in [2.05, 4.69) is 0 Å². The van der Waals surface area contributed by atoms with Crippen molar-refractivity contribution in [3.8, 4) is 0 Å². The average molecular weight is 475 g/mol. The number of carbonyl (C=O) groups is 1. The van der Waals surface area contributed by atoms with E-state index in [0.717, 1.165) is 25.7 Å². The first-order valence-corrected chi connectivity index (χ1v) is 13.7. The molecule has 6 heteroatoms. The van der Waals surface area contributed by atoms with Gasteiger partial charge in [0, 0.05) is 13.0 Å². The first-order valence-electron chi connectivity index (χ1n) is 13.7. The second kappa shape index (κ2) is 24.4. The molecular weight excluding hydrogens is 420 g/mol. The molecule has 0 unspecified atom stereocenters. The maximum absolute atomic E-state index is 10.4. The van der Waals surface area contributed by atoms with E-state index >= 15 is 0 Å². The number of aliphatic carboxylic acids is 1. The van der Waals surface area contributed by atoms with Gasteiger partial charge in [-0.25, -0.2) is 0 Å². The van der Waals surface area contributed by atoms with Gasteiger partial charge in [0.25, 0.3) is 0 Å². The zero-order valence-corrected chi connectivity index (χ0v) is 21.3. The van der Waals surface area contributed by atoms with Gasteiger partial charge in [-0.05, 0) is 12.8 Å². The van der Waals surface area contributed by atoms with Crippen LogP contribution >= 0.6 is 0 Å². The van der Waals surface area contributed by atoms with Crippen LogP contribution in [0.5, 0.6) is 0 Å². The molecule has 0 fully saturated rings. The number of unbranched alkanes of at least 4 members (excludes halogenated alkanes) is 18. The molecular formula is C27H54O6. The third-order valence-corrected chi connectivity index (χ3v) is 6.59. The maximum Gasteiger partial charge on any atom is 0.303 e. The molecule has 0 atom stereocenters. The fourth-order valence-electron chi connectivity index (χ4n) is 4.06. The summed E-state index contributed by atoms with van der Waals surface area (Å²) < 4.78 is 5.52. The molecule has 0 aliphatic rings. The van der Waals surface area contributed by atoms with Crippen molar-refractivity contribution in [2.75, 3.05) is 33.0 Å². The van der Waals surface area contributed by atoms with E-state index < -0.39 is 11.4 Å². The van der Waals surface area contributed by atoms with Gasteiger partial charge in [0.05, 0.1) is 31.8 Å². The lowest BCUT2D eigenvalue weighted by Crippen LogP contribution is -2.38. The highest BCUT2D eigenvalue weighted by Gasteiger charge is 2.28. The lowest BCUT2D eigenvalue weighted by Gasteiger charge is -2.26. The summed E-state index contributed by atoms with van der Waals surface area (Å²) in [6.45, 7) is 0.0319. The number of carboxylic acid groups (broad SMARTS) is 1. The first-order chi connectivity index (χ1) is 16.1. The van der Waals surface area contributed by atoms with Gasteiger partial charge in [0.2, 0.25) is 0 Å². The minimum atomic E-state index is -0.910. The van der Waals surface area contributed by atoms with Crippen LogP contribution in [-0.2, 0) is 9.53 Å². The van der Waals surface area contributed by atoms with E-state index in [4.69, 9.17) is 9.84 Å². The Hall–Kier alpha value is -0.690. The van der Waals surface area contributed by atoms with Crippen molar-refractivity contribution in [1.29, 1.82) is 0 Å². The summed E-state index contributed by atoms with van der Waals surface area (Å²) in [7, 11) is 0. The highest BCUT2D eigenvalue weighted by atomic mass is 16.5. The van der Waals surface area contributed by atoms with Crippen LogP contribution in [0.15, 0.2) is 0 Å². The molecule has 0 aliphatic heterocycles. The fraction of sp³-hybridized carbons (Fsp3) is 0.963. The van der Waals surface area contributed by atoms with Gasteiger partial charge in [-0.1, -0.05) is 109 Å². The van der Waals surface area contributed by atoms with Crippen LogP contribution in [0.25, 0.3) is 0 Å². The quantitative estimate of drug-likeness (QED) is 0.111. The van der Waals surface area contributed by atoms with Crippen molar-refractivity contribution in [2.24, 2.45) is 5.41 Å². The molecule has 0 amide bonds. The van der Waals surface area contributed by atoms with Gasteiger partial charge >= 0.3 is 5.97 Å². The summed E-state index contributed by atoms with van der Waals surface area (Å²) in [6, 6.07) is 0. The molecule has 6 nitrogen and oxygen atoms in total. The first kappa shape index (κ1) is 32.3. The number of carboxylic acids is 1. The molecule has 0 aliphatic carbocycles. The number of ether oxygens (including phenoxy) is 1. The largest absolute Gasteiger partial charge is 0.481 e. The Labute approximate surface area is 203 Å². The number of rotatable bonds is 27. The van der Waals surface area contributed by atoms with E-state index in [9.17, 15) is 20.1 Å². The smallest absolute Gasteiger partial charge is 0.303 e. The van der Waals surface area contributed by atoms with Crippen LogP contribution in [0.2, 0.25) is 0 Å².